The van der Waals surface area contributed by atoms with Gasteiger partial charge in [0.1, 0.15) is 24.7 Å². The second-order valence-corrected chi connectivity index (χ2v) is 26.0. The van der Waals surface area contributed by atoms with Crippen LogP contribution in [0.5, 0.6) is 11.5 Å². The third kappa shape index (κ3) is 13.7. The van der Waals surface area contributed by atoms with Crippen LogP contribution < -0.4 is 30.2 Å². The molecule has 0 bridgehead atoms. The van der Waals surface area contributed by atoms with E-state index in [9.17, 15) is 4.79 Å². The molecule has 0 aliphatic rings. The summed E-state index contributed by atoms with van der Waals surface area (Å²) in [5.41, 5.74) is 0.319. The van der Waals surface area contributed by atoms with Gasteiger partial charge >= 0.3 is 5.97 Å². The van der Waals surface area contributed by atoms with Crippen molar-refractivity contribution in [1.82, 2.24) is 0 Å². The van der Waals surface area contributed by atoms with E-state index in [0.29, 0.717) is 83.1 Å². The van der Waals surface area contributed by atoms with Gasteiger partial charge in [-0.3, -0.25) is 0 Å². The summed E-state index contributed by atoms with van der Waals surface area (Å²) in [6.07, 6.45) is 0. The third-order valence-electron chi connectivity index (χ3n) is 11.0. The highest BCUT2D eigenvalue weighted by Crippen LogP contribution is 2.38. The highest BCUT2D eigenvalue weighted by molar-refractivity contribution is 7.00. The van der Waals surface area contributed by atoms with Gasteiger partial charge in [0.15, 0.2) is 0 Å². The number of carbonyl (C=O) groups excluding carboxylic acids is 1. The Kier molecular flexibility index (Phi) is 19.8. The average Bonchev–Trinajstić information content (AvgIpc) is 3.30. The Bertz CT molecular complexity index is 1860. The molecule has 344 valence electrons. The van der Waals surface area contributed by atoms with E-state index < -0.39 is 22.6 Å². The Hall–Kier alpha value is -4.64. The minimum absolute atomic E-state index is 0.0981. The molecule has 12 heteroatoms. The van der Waals surface area contributed by atoms with E-state index in [-0.39, 0.29) is 23.3 Å². The Labute approximate surface area is 383 Å². The van der Waals surface area contributed by atoms with Gasteiger partial charge in [-0.05, 0) is 43.0 Å². The molecule has 0 amide bonds. The van der Waals surface area contributed by atoms with Gasteiger partial charge in [0.05, 0.1) is 78.7 Å². The van der Waals surface area contributed by atoms with Gasteiger partial charge in [-0.15, -0.1) is 0 Å². The summed E-state index contributed by atoms with van der Waals surface area (Å²) in [4.78, 5) is 12.4. The fraction of sp³-hybridized carbons (Fsp3) is 0.404. The largest absolute Gasteiger partial charge is 0.491 e. The van der Waals surface area contributed by atoms with Gasteiger partial charge in [0.2, 0.25) is 0 Å². The Balaban J connectivity index is 0.986. The van der Waals surface area contributed by atoms with E-state index in [4.69, 9.17) is 42.0 Å². The SMILES string of the molecule is COC(=O)c1cc(OCCOCCOCCO[Si](c2ccccc2)(c2ccccc2)C(C)(C)C)cc(OCCOCCOCCO[Si](c2ccccc2)(c2ccccc2)C(C)(C)C)c1. The van der Waals surface area contributed by atoms with Gasteiger partial charge in [0, 0.05) is 6.07 Å². The molecule has 0 unspecified atom stereocenters. The first-order chi connectivity index (χ1) is 30.9. The van der Waals surface area contributed by atoms with Gasteiger partial charge in [-0.1, -0.05) is 163 Å². The standard InChI is InChI=1S/C52H68O10Si2/c1-51(2,3)63(46-20-12-8-13-21-46,47-22-14-9-15-23-47)61-38-34-57-30-28-55-32-36-59-44-40-43(50(53)54-7)41-45(42-44)60-37-33-56-29-31-58-35-39-62-64(52(4,5)6,48-24-16-10-17-25-48)49-26-18-11-19-27-49/h8-27,40-42H,28-39H2,1-7H3. The van der Waals surface area contributed by atoms with Crippen molar-refractivity contribution in [3.05, 3.63) is 145 Å². The zero-order chi connectivity index (χ0) is 45.7. The van der Waals surface area contributed by atoms with Crippen LogP contribution in [0, 0.1) is 0 Å². The van der Waals surface area contributed by atoms with Crippen molar-refractivity contribution in [2.75, 3.05) is 86.4 Å². The van der Waals surface area contributed by atoms with E-state index in [1.54, 1.807) is 18.2 Å². The van der Waals surface area contributed by atoms with Gasteiger partial charge in [-0.25, -0.2) is 4.79 Å². The molecule has 5 aromatic rings. The minimum atomic E-state index is -2.61. The molecule has 0 saturated carbocycles. The number of carbonyl (C=O) groups is 1. The lowest BCUT2D eigenvalue weighted by atomic mass is 10.2. The van der Waals surface area contributed by atoms with Crippen LogP contribution in [0.1, 0.15) is 51.9 Å². The number of esters is 1. The maximum Gasteiger partial charge on any atom is 0.338 e. The lowest BCUT2D eigenvalue weighted by Gasteiger charge is -2.43. The first kappa shape index (κ1) is 50.4. The number of methoxy groups -OCH3 is 1. The zero-order valence-electron chi connectivity index (χ0n) is 38.8. The van der Waals surface area contributed by atoms with Crippen molar-refractivity contribution >= 4 is 43.4 Å². The molecule has 0 aliphatic carbocycles. The fourth-order valence-electron chi connectivity index (χ4n) is 8.09. The van der Waals surface area contributed by atoms with Crippen LogP contribution >= 0.6 is 0 Å². The fourth-order valence-corrected chi connectivity index (χ4v) is 17.2. The Morgan fingerprint density at radius 1 is 0.406 bits per heavy atom. The predicted molar refractivity (Wildman–Crippen MR) is 259 cm³/mol. The highest BCUT2D eigenvalue weighted by Gasteiger charge is 2.51. The highest BCUT2D eigenvalue weighted by atomic mass is 28.4. The Morgan fingerprint density at radius 2 is 0.688 bits per heavy atom. The van der Waals surface area contributed by atoms with Crippen molar-refractivity contribution in [1.29, 1.82) is 0 Å². The molecule has 5 aromatic carbocycles. The lowest BCUT2D eigenvalue weighted by Crippen LogP contribution is -2.66. The lowest BCUT2D eigenvalue weighted by molar-refractivity contribution is 0.0257. The predicted octanol–water partition coefficient (Wildman–Crippen LogP) is 7.45. The summed E-state index contributed by atoms with van der Waals surface area (Å²) < 4.78 is 54.0. The van der Waals surface area contributed by atoms with Crippen LogP contribution in [0.25, 0.3) is 0 Å². The average molecular weight is 909 g/mol. The van der Waals surface area contributed by atoms with Crippen LogP contribution in [0.4, 0.5) is 0 Å². The number of hydrogen-bond acceptors (Lipinski definition) is 10. The topological polar surface area (TPSA) is 100 Å². The summed E-state index contributed by atoms with van der Waals surface area (Å²) >= 11 is 0. The normalized spacial score (nSPS) is 12.2. The molecule has 0 N–H and O–H groups in total. The molecule has 10 nitrogen and oxygen atoms in total. The molecule has 0 fully saturated rings. The molecule has 0 saturated heterocycles. The number of rotatable bonds is 27. The molecule has 0 radical (unpaired) electrons. The monoisotopic (exact) mass is 908 g/mol. The van der Waals surface area contributed by atoms with Gasteiger partial charge in [-0.2, -0.15) is 0 Å². The quantitative estimate of drug-likeness (QED) is 0.0300. The van der Waals surface area contributed by atoms with E-state index in [1.165, 1.54) is 27.9 Å². The smallest absolute Gasteiger partial charge is 0.338 e. The second kappa shape index (κ2) is 25.2. The first-order valence-electron chi connectivity index (χ1n) is 22.2. The molecular formula is C52H68O10Si2. The maximum absolute atomic E-state index is 12.4. The molecule has 5 rings (SSSR count). The van der Waals surface area contributed by atoms with Crippen LogP contribution in [0.15, 0.2) is 140 Å². The van der Waals surface area contributed by atoms with Crippen molar-refractivity contribution < 1.29 is 46.8 Å². The van der Waals surface area contributed by atoms with Crippen LogP contribution in [0.3, 0.4) is 0 Å². The van der Waals surface area contributed by atoms with Crippen molar-refractivity contribution in [2.24, 2.45) is 0 Å². The number of benzene rings is 5. The van der Waals surface area contributed by atoms with E-state index in [1.807, 2.05) is 24.3 Å². The van der Waals surface area contributed by atoms with Crippen molar-refractivity contribution in [3.63, 3.8) is 0 Å². The summed E-state index contributed by atoms with van der Waals surface area (Å²) in [5, 5.41) is 4.76. The molecular weight excluding hydrogens is 841 g/mol. The van der Waals surface area contributed by atoms with Crippen molar-refractivity contribution in [2.45, 2.75) is 51.6 Å². The second-order valence-electron chi connectivity index (χ2n) is 17.4. The molecule has 0 aliphatic heterocycles. The maximum atomic E-state index is 12.4. The molecule has 64 heavy (non-hydrogen) atoms. The minimum Gasteiger partial charge on any atom is -0.491 e. The van der Waals surface area contributed by atoms with E-state index in [0.717, 1.165) is 0 Å². The summed E-state index contributed by atoms with van der Waals surface area (Å²) in [6, 6.07) is 47.3. The first-order valence-corrected chi connectivity index (χ1v) is 26.0. The van der Waals surface area contributed by atoms with Gasteiger partial charge in [0.25, 0.3) is 16.6 Å². The summed E-state index contributed by atoms with van der Waals surface area (Å²) in [5.74, 6) is 0.440. The van der Waals surface area contributed by atoms with Gasteiger partial charge < -0.3 is 42.0 Å². The van der Waals surface area contributed by atoms with E-state index in [2.05, 4.69) is 139 Å². The van der Waals surface area contributed by atoms with E-state index >= 15 is 0 Å². The number of hydrogen-bond donors (Lipinski definition) is 0. The molecule has 0 heterocycles. The van der Waals surface area contributed by atoms with Crippen LogP contribution in [0.2, 0.25) is 10.1 Å². The molecule has 0 spiro atoms. The molecule has 0 aromatic heterocycles. The van der Waals surface area contributed by atoms with Crippen LogP contribution in [-0.2, 0) is 32.5 Å². The summed E-state index contributed by atoms with van der Waals surface area (Å²) in [6.45, 7) is 18.3. The summed E-state index contributed by atoms with van der Waals surface area (Å²) in [7, 11) is -3.88. The van der Waals surface area contributed by atoms with Crippen LogP contribution in [-0.4, -0.2) is 109 Å². The third-order valence-corrected chi connectivity index (χ3v) is 21.0. The number of ether oxygens (including phenoxy) is 7. The molecule has 0 atom stereocenters. The Morgan fingerprint density at radius 3 is 0.969 bits per heavy atom. The zero-order valence-corrected chi connectivity index (χ0v) is 40.8. The van der Waals surface area contributed by atoms with Crippen molar-refractivity contribution in [3.8, 4) is 11.5 Å².